The molecule has 5 aromatic rings. The third-order valence-corrected chi connectivity index (χ3v) is 13.3. The molecule has 354 valence electrons. The van der Waals surface area contributed by atoms with Crippen LogP contribution in [-0.4, -0.2) is 85.3 Å². The van der Waals surface area contributed by atoms with E-state index in [1.54, 1.807) is 24.5 Å². The smallest absolute Gasteiger partial charge is 0.302 e. The molecule has 3 fully saturated rings. The molecule has 0 radical (unpaired) electrons. The van der Waals surface area contributed by atoms with Crippen LogP contribution in [0.15, 0.2) is 108 Å². The maximum absolute atomic E-state index is 12.2. The number of aromatic nitrogens is 3. The molecule has 1 aliphatic carbocycles. The predicted molar refractivity (Wildman–Crippen MR) is 254 cm³/mol. The monoisotopic (exact) mass is 914 g/mol. The summed E-state index contributed by atoms with van der Waals surface area (Å²) in [6, 6.07) is 14.5. The highest BCUT2D eigenvalue weighted by Crippen LogP contribution is 2.44. The Balaban J connectivity index is 0.856. The molecule has 9 N–H and O–H groups in total. The number of nitrogens with one attached hydrogen (secondary N) is 4. The van der Waals surface area contributed by atoms with E-state index in [1.807, 2.05) is 36.5 Å². The number of aromatic hydroxyl groups is 3. The molecule has 3 aromatic heterocycles. The lowest BCUT2D eigenvalue weighted by atomic mass is 9.76. The number of carbonyl (C=O) groups excluding carboxylic acids is 1. The molecule has 9 rings (SSSR count). The Hall–Kier alpha value is -6.81. The number of allylic oxidation sites excluding steroid dienone is 2. The van der Waals surface area contributed by atoms with Crippen LogP contribution in [0.25, 0.3) is 10.9 Å². The SMILES string of the molecule is CC(=O)OC1CC(CCc2ccc(O)c(OC3CCCC4(C3)CC(n3cc5cc[nH]c5c3)NC(=NCCCC3=CCNC(N)=C3)N4)c2)OC(c2cc(O)c(O)c(OCCc3cccnc3)c2)C1. The van der Waals surface area contributed by atoms with Crippen LogP contribution < -0.4 is 31.2 Å². The maximum atomic E-state index is 12.2. The summed E-state index contributed by atoms with van der Waals surface area (Å²) < 4.78 is 27.3. The highest BCUT2D eigenvalue weighted by molar-refractivity contribution is 5.82. The first-order valence-electron chi connectivity index (χ1n) is 23.6. The molecule has 4 aliphatic rings. The average Bonchev–Trinajstić information content (AvgIpc) is 3.93. The molecular formula is C51H62N8O8. The zero-order chi connectivity index (χ0) is 46.3. The summed E-state index contributed by atoms with van der Waals surface area (Å²) in [5.41, 5.74) is 10.6. The molecule has 6 heterocycles. The van der Waals surface area contributed by atoms with Crippen LogP contribution in [0.5, 0.6) is 28.7 Å². The molecule has 2 saturated heterocycles. The van der Waals surface area contributed by atoms with E-state index in [-0.39, 0.29) is 59.5 Å². The summed E-state index contributed by atoms with van der Waals surface area (Å²) >= 11 is 0. The first-order valence-corrected chi connectivity index (χ1v) is 23.6. The second-order valence-corrected chi connectivity index (χ2v) is 18.4. The predicted octanol–water partition coefficient (Wildman–Crippen LogP) is 7.20. The van der Waals surface area contributed by atoms with Crippen molar-refractivity contribution in [2.45, 2.75) is 120 Å². The van der Waals surface area contributed by atoms with Gasteiger partial charge < -0.3 is 65.5 Å². The number of guanidine groups is 1. The molecule has 16 nitrogen and oxygen atoms in total. The van der Waals surface area contributed by atoms with Gasteiger partial charge in [0.05, 0.1) is 30.2 Å². The Morgan fingerprint density at radius 3 is 2.76 bits per heavy atom. The maximum Gasteiger partial charge on any atom is 0.302 e. The highest BCUT2D eigenvalue weighted by Gasteiger charge is 2.44. The van der Waals surface area contributed by atoms with Gasteiger partial charge in [0.15, 0.2) is 29.0 Å². The van der Waals surface area contributed by atoms with Crippen molar-refractivity contribution in [2.24, 2.45) is 10.7 Å². The van der Waals surface area contributed by atoms with Gasteiger partial charge in [-0.3, -0.25) is 14.8 Å². The third kappa shape index (κ3) is 11.4. The largest absolute Gasteiger partial charge is 0.504 e. The summed E-state index contributed by atoms with van der Waals surface area (Å²) in [5, 5.41) is 44.3. The number of dihydropyridines is 1. The third-order valence-electron chi connectivity index (χ3n) is 13.3. The van der Waals surface area contributed by atoms with Crippen molar-refractivity contribution in [3.8, 4) is 28.7 Å². The van der Waals surface area contributed by atoms with Crippen molar-refractivity contribution in [3.63, 3.8) is 0 Å². The minimum absolute atomic E-state index is 0.0220. The number of aryl methyl sites for hydroxylation is 1. The van der Waals surface area contributed by atoms with Gasteiger partial charge in [-0.15, -0.1) is 0 Å². The Morgan fingerprint density at radius 2 is 1.93 bits per heavy atom. The number of ether oxygens (including phenoxy) is 4. The normalized spacial score (nSPS) is 24.6. The van der Waals surface area contributed by atoms with Crippen LogP contribution in [-0.2, 0) is 27.1 Å². The fourth-order valence-corrected chi connectivity index (χ4v) is 10.0. The Morgan fingerprint density at radius 1 is 1.01 bits per heavy atom. The van der Waals surface area contributed by atoms with E-state index in [2.05, 4.69) is 55.0 Å². The van der Waals surface area contributed by atoms with Gasteiger partial charge in [-0.05, 0) is 110 Å². The number of hydrogen-bond donors (Lipinski definition) is 8. The number of benzene rings is 2. The van der Waals surface area contributed by atoms with Crippen LogP contribution in [0.4, 0.5) is 0 Å². The number of nitrogens with two attached hydrogens (primary N) is 1. The summed E-state index contributed by atoms with van der Waals surface area (Å²) in [6.45, 7) is 3.06. The number of rotatable bonds is 16. The van der Waals surface area contributed by atoms with E-state index >= 15 is 0 Å². The Bertz CT molecular complexity index is 2580. The van der Waals surface area contributed by atoms with Crippen molar-refractivity contribution in [3.05, 3.63) is 120 Å². The molecule has 67 heavy (non-hydrogen) atoms. The van der Waals surface area contributed by atoms with Crippen molar-refractivity contribution in [1.29, 1.82) is 0 Å². The van der Waals surface area contributed by atoms with Crippen molar-refractivity contribution >= 4 is 22.8 Å². The first-order chi connectivity index (χ1) is 32.5. The molecule has 6 unspecified atom stereocenters. The van der Waals surface area contributed by atoms with Crippen molar-refractivity contribution in [2.75, 3.05) is 19.7 Å². The molecule has 2 aromatic carbocycles. The number of esters is 1. The zero-order valence-electron chi connectivity index (χ0n) is 38.0. The lowest BCUT2D eigenvalue weighted by Gasteiger charge is -2.48. The van der Waals surface area contributed by atoms with Crippen LogP contribution in [0.2, 0.25) is 0 Å². The van der Waals surface area contributed by atoms with Gasteiger partial charge in [0.25, 0.3) is 0 Å². The minimum Gasteiger partial charge on any atom is -0.504 e. The number of fused-ring (bicyclic) bond motifs is 1. The minimum atomic E-state index is -0.539. The topological polar surface area (TPSA) is 223 Å². The summed E-state index contributed by atoms with van der Waals surface area (Å²) in [4.78, 5) is 24.7. The van der Waals surface area contributed by atoms with E-state index in [1.165, 1.54) is 18.6 Å². The van der Waals surface area contributed by atoms with Crippen LogP contribution >= 0.6 is 0 Å². The number of phenolic OH excluding ortho intramolecular Hbond substituents is 3. The number of nitrogens with zero attached hydrogens (tertiary/aromatic N) is 3. The van der Waals surface area contributed by atoms with Gasteiger partial charge in [0.2, 0.25) is 5.75 Å². The quantitative estimate of drug-likeness (QED) is 0.0279. The van der Waals surface area contributed by atoms with Gasteiger partial charge in [-0.1, -0.05) is 18.2 Å². The molecule has 6 atom stereocenters. The fourth-order valence-electron chi connectivity index (χ4n) is 10.0. The second kappa shape index (κ2) is 20.4. The van der Waals surface area contributed by atoms with Crippen LogP contribution in [0.3, 0.4) is 0 Å². The van der Waals surface area contributed by atoms with Gasteiger partial charge in [-0.2, -0.15) is 0 Å². The van der Waals surface area contributed by atoms with Gasteiger partial charge >= 0.3 is 5.97 Å². The number of hydrogen-bond acceptors (Lipinski definition) is 12. The molecule has 16 heteroatoms. The number of aromatic amines is 1. The molecule has 3 aliphatic heterocycles. The number of aliphatic imine (C=N–C) groups is 1. The average molecular weight is 915 g/mol. The van der Waals surface area contributed by atoms with Crippen molar-refractivity contribution in [1.82, 2.24) is 30.5 Å². The Labute approximate surface area is 390 Å². The Kier molecular flexibility index (Phi) is 13.8. The molecule has 1 saturated carbocycles. The summed E-state index contributed by atoms with van der Waals surface area (Å²) in [6.07, 6.45) is 21.2. The van der Waals surface area contributed by atoms with Gasteiger partial charge in [0.1, 0.15) is 18.4 Å². The van der Waals surface area contributed by atoms with Crippen LogP contribution in [0, 0.1) is 0 Å². The van der Waals surface area contributed by atoms with E-state index in [0.29, 0.717) is 55.8 Å². The molecule has 0 bridgehead atoms. The number of carbonyl (C=O) groups is 1. The number of phenols is 3. The number of H-pyrrole nitrogens is 1. The summed E-state index contributed by atoms with van der Waals surface area (Å²) in [7, 11) is 0. The summed E-state index contributed by atoms with van der Waals surface area (Å²) in [5.74, 6) is 1.08. The van der Waals surface area contributed by atoms with E-state index in [4.69, 9.17) is 29.7 Å². The zero-order valence-corrected chi connectivity index (χ0v) is 38.0. The second-order valence-electron chi connectivity index (χ2n) is 18.4. The van der Waals surface area contributed by atoms with E-state index in [0.717, 1.165) is 79.5 Å². The fraction of sp³-hybridized carbons (Fsp3) is 0.431. The van der Waals surface area contributed by atoms with E-state index in [9.17, 15) is 20.1 Å². The molecule has 1 spiro atoms. The van der Waals surface area contributed by atoms with Crippen molar-refractivity contribution < 1.29 is 39.1 Å². The van der Waals surface area contributed by atoms with Crippen LogP contribution in [0.1, 0.15) is 100 Å². The number of pyridine rings is 1. The lowest BCUT2D eigenvalue weighted by Crippen LogP contribution is -2.63. The van der Waals surface area contributed by atoms with Gasteiger partial charge in [0, 0.05) is 94.0 Å². The highest BCUT2D eigenvalue weighted by atomic mass is 16.6. The van der Waals surface area contributed by atoms with E-state index < -0.39 is 12.2 Å². The standard InChI is InChI=1S/C51H62N8O8/c1-32(60)65-40-25-38(66-44(26-40)37-23-43(62)49(63)46(24-37)64-20-14-35-6-3-16-53-29-35)10-8-34-9-11-42(61)45(21-34)67-39-7-2-15-51(27-39)28-48(59-30-36-13-19-54-41(36)31-59)57-50(58-51)56-17-4-5-33-12-18-55-47(52)22-33/h3,6,9,11-13,16,19,21-24,29-31,38-40,44,48,54-55,61-63H,2,4-5,7-8,10,14-15,17-18,20,25-28,52H2,1H3,(H2,56,57,58). The van der Waals surface area contributed by atoms with Gasteiger partial charge in [-0.25, -0.2) is 0 Å². The first kappa shape index (κ1) is 45.4. The molecular weight excluding hydrogens is 853 g/mol. The lowest BCUT2D eigenvalue weighted by molar-refractivity contribution is -0.160. The molecule has 0 amide bonds.